The Balaban J connectivity index is 2.33. The van der Waals surface area contributed by atoms with Crippen molar-refractivity contribution in [2.45, 2.75) is 33.6 Å². The maximum absolute atomic E-state index is 12.8. The first-order valence-corrected chi connectivity index (χ1v) is 9.16. The van der Waals surface area contributed by atoms with Gasteiger partial charge in [-0.25, -0.2) is 4.79 Å². The van der Waals surface area contributed by atoms with E-state index < -0.39 is 5.63 Å². The van der Waals surface area contributed by atoms with E-state index in [-0.39, 0.29) is 24.5 Å². The van der Waals surface area contributed by atoms with Crippen molar-refractivity contribution in [2.24, 2.45) is 0 Å². The average molecular weight is 369 g/mol. The quantitative estimate of drug-likeness (QED) is 0.463. The zero-order valence-electron chi connectivity index (χ0n) is 15.2. The van der Waals surface area contributed by atoms with Crippen LogP contribution in [-0.2, 0) is 11.2 Å². The Bertz CT molecular complexity index is 1050. The van der Waals surface area contributed by atoms with Crippen LogP contribution in [0, 0.1) is 20.8 Å². The molecule has 0 spiro atoms. The second kappa shape index (κ2) is 7.46. The van der Waals surface area contributed by atoms with Crippen molar-refractivity contribution in [3.05, 3.63) is 69.1 Å². The summed E-state index contributed by atoms with van der Waals surface area (Å²) in [4.78, 5) is 25.2. The topological polar surface area (TPSA) is 47.3 Å². The van der Waals surface area contributed by atoms with Crippen molar-refractivity contribution in [1.82, 2.24) is 0 Å². The van der Waals surface area contributed by atoms with Crippen LogP contribution in [0.4, 0.5) is 0 Å². The predicted molar refractivity (Wildman–Crippen MR) is 106 cm³/mol. The molecule has 3 aromatic rings. The molecule has 0 fully saturated rings. The summed E-state index contributed by atoms with van der Waals surface area (Å²) < 4.78 is 5.60. The van der Waals surface area contributed by atoms with Gasteiger partial charge in [0.15, 0.2) is 0 Å². The maximum atomic E-state index is 12.8. The number of hydrogen-bond acceptors (Lipinski definition) is 3. The Morgan fingerprint density at radius 3 is 2.42 bits per heavy atom. The zero-order valence-corrected chi connectivity index (χ0v) is 15.9. The van der Waals surface area contributed by atoms with Crippen LogP contribution in [0.3, 0.4) is 0 Å². The molecule has 0 radical (unpaired) electrons. The van der Waals surface area contributed by atoms with Crippen LogP contribution in [-0.4, -0.2) is 11.7 Å². The summed E-state index contributed by atoms with van der Waals surface area (Å²) in [7, 11) is 0. The summed E-state index contributed by atoms with van der Waals surface area (Å²) in [6.45, 7) is 5.91. The van der Waals surface area contributed by atoms with Crippen LogP contribution in [0.2, 0.25) is 0 Å². The van der Waals surface area contributed by atoms with E-state index in [1.54, 1.807) is 0 Å². The van der Waals surface area contributed by atoms with E-state index in [1.807, 2.05) is 57.2 Å². The number of rotatable bonds is 5. The number of halogens is 1. The van der Waals surface area contributed by atoms with E-state index in [0.717, 1.165) is 33.2 Å². The molecule has 0 aliphatic rings. The monoisotopic (exact) mass is 368 g/mol. The SMILES string of the molecule is Cc1ccc(-c2c(CC(=O)CCCl)c3ccc(C)cc3oc2=O)c(C)c1. The minimum Gasteiger partial charge on any atom is -0.422 e. The molecule has 3 rings (SSSR count). The summed E-state index contributed by atoms with van der Waals surface area (Å²) in [5.41, 5.74) is 5.20. The third-order valence-electron chi connectivity index (χ3n) is 4.57. The molecule has 0 atom stereocenters. The van der Waals surface area contributed by atoms with Gasteiger partial charge in [-0.05, 0) is 49.1 Å². The summed E-state index contributed by atoms with van der Waals surface area (Å²) in [6, 6.07) is 11.6. The van der Waals surface area contributed by atoms with Crippen molar-refractivity contribution in [2.75, 3.05) is 5.88 Å². The fourth-order valence-electron chi connectivity index (χ4n) is 3.31. The largest absolute Gasteiger partial charge is 0.422 e. The van der Waals surface area contributed by atoms with Crippen molar-refractivity contribution >= 4 is 28.4 Å². The first-order chi connectivity index (χ1) is 12.4. The van der Waals surface area contributed by atoms with Crippen LogP contribution in [0.15, 0.2) is 45.6 Å². The molecule has 0 amide bonds. The summed E-state index contributed by atoms with van der Waals surface area (Å²) in [5, 5.41) is 0.799. The zero-order chi connectivity index (χ0) is 18.8. The van der Waals surface area contributed by atoms with Gasteiger partial charge in [-0.2, -0.15) is 0 Å². The molecule has 1 aromatic heterocycles. The number of aryl methyl sites for hydroxylation is 3. The van der Waals surface area contributed by atoms with E-state index in [9.17, 15) is 9.59 Å². The third-order valence-corrected chi connectivity index (χ3v) is 4.76. The van der Waals surface area contributed by atoms with Gasteiger partial charge < -0.3 is 4.42 Å². The lowest BCUT2D eigenvalue weighted by Gasteiger charge is -2.14. The molecule has 0 saturated carbocycles. The number of fused-ring (bicyclic) bond motifs is 1. The fraction of sp³-hybridized carbons (Fsp3) is 0.273. The van der Waals surface area contributed by atoms with Crippen LogP contribution < -0.4 is 5.63 Å². The minimum atomic E-state index is -0.413. The lowest BCUT2D eigenvalue weighted by atomic mass is 9.91. The number of ketones is 1. The number of Topliss-reactive ketones (excluding diaryl/α,β-unsaturated/α-hetero) is 1. The van der Waals surface area contributed by atoms with Gasteiger partial charge in [0.05, 0.1) is 5.56 Å². The predicted octanol–water partition coefficient (Wildman–Crippen LogP) is 5.13. The molecular weight excluding hydrogens is 348 g/mol. The highest BCUT2D eigenvalue weighted by Gasteiger charge is 2.20. The van der Waals surface area contributed by atoms with Crippen molar-refractivity contribution < 1.29 is 9.21 Å². The van der Waals surface area contributed by atoms with Gasteiger partial charge in [-0.15, -0.1) is 11.6 Å². The van der Waals surface area contributed by atoms with Gasteiger partial charge >= 0.3 is 5.63 Å². The van der Waals surface area contributed by atoms with E-state index >= 15 is 0 Å². The number of alkyl halides is 1. The second-order valence-corrected chi connectivity index (χ2v) is 7.09. The molecule has 0 aliphatic heterocycles. The molecule has 0 aliphatic carbocycles. The Morgan fingerprint density at radius 1 is 1.04 bits per heavy atom. The summed E-state index contributed by atoms with van der Waals surface area (Å²) in [6.07, 6.45) is 0.446. The molecule has 2 aromatic carbocycles. The van der Waals surface area contributed by atoms with E-state index in [4.69, 9.17) is 16.0 Å². The molecule has 1 heterocycles. The van der Waals surface area contributed by atoms with Gasteiger partial charge in [0.1, 0.15) is 11.4 Å². The van der Waals surface area contributed by atoms with Gasteiger partial charge in [0.2, 0.25) is 0 Å². The van der Waals surface area contributed by atoms with E-state index in [2.05, 4.69) is 0 Å². The standard InChI is InChI=1S/C22H21ClO3/c1-13-4-6-17(15(3)10-13)21-19(12-16(24)8-9-23)18-7-5-14(2)11-20(18)26-22(21)25/h4-7,10-11H,8-9,12H2,1-3H3. The van der Waals surface area contributed by atoms with Crippen LogP contribution >= 0.6 is 11.6 Å². The minimum absolute atomic E-state index is 0.0125. The lowest BCUT2D eigenvalue weighted by molar-refractivity contribution is -0.118. The first-order valence-electron chi connectivity index (χ1n) is 8.62. The second-order valence-electron chi connectivity index (χ2n) is 6.72. The number of carbonyl (C=O) groups is 1. The van der Waals surface area contributed by atoms with E-state index in [0.29, 0.717) is 11.1 Å². The summed E-state index contributed by atoms with van der Waals surface area (Å²) in [5.74, 6) is 0.287. The Morgan fingerprint density at radius 2 is 1.73 bits per heavy atom. The van der Waals surface area contributed by atoms with Crippen LogP contribution in [0.1, 0.15) is 28.7 Å². The van der Waals surface area contributed by atoms with Crippen LogP contribution in [0.25, 0.3) is 22.1 Å². The average Bonchev–Trinajstić information content (AvgIpc) is 2.56. The molecule has 0 saturated heterocycles. The highest BCUT2D eigenvalue weighted by molar-refractivity contribution is 6.19. The van der Waals surface area contributed by atoms with Crippen molar-refractivity contribution in [1.29, 1.82) is 0 Å². The highest BCUT2D eigenvalue weighted by atomic mass is 35.5. The first kappa shape index (κ1) is 18.4. The molecule has 4 heteroatoms. The molecule has 134 valence electrons. The van der Waals surface area contributed by atoms with Crippen molar-refractivity contribution in [3.8, 4) is 11.1 Å². The van der Waals surface area contributed by atoms with Gasteiger partial charge in [0.25, 0.3) is 0 Å². The molecule has 3 nitrogen and oxygen atoms in total. The Labute approximate surface area is 157 Å². The lowest BCUT2D eigenvalue weighted by Crippen LogP contribution is -2.13. The molecule has 0 unspecified atom stereocenters. The van der Waals surface area contributed by atoms with E-state index in [1.165, 1.54) is 0 Å². The Hall–Kier alpha value is -2.39. The van der Waals surface area contributed by atoms with Gasteiger partial charge in [0, 0.05) is 24.1 Å². The van der Waals surface area contributed by atoms with Crippen molar-refractivity contribution in [3.63, 3.8) is 0 Å². The number of carbonyl (C=O) groups excluding carboxylic acids is 1. The summed E-state index contributed by atoms with van der Waals surface area (Å²) >= 11 is 5.73. The molecular formula is C22H21ClO3. The number of benzene rings is 2. The smallest absolute Gasteiger partial charge is 0.344 e. The molecule has 0 bridgehead atoms. The highest BCUT2D eigenvalue weighted by Crippen LogP contribution is 2.31. The number of hydrogen-bond donors (Lipinski definition) is 0. The fourth-order valence-corrected chi connectivity index (χ4v) is 3.52. The third kappa shape index (κ3) is 3.58. The Kier molecular flexibility index (Phi) is 5.28. The van der Waals surface area contributed by atoms with Gasteiger partial charge in [-0.3, -0.25) is 4.79 Å². The van der Waals surface area contributed by atoms with Gasteiger partial charge in [-0.1, -0.05) is 35.9 Å². The maximum Gasteiger partial charge on any atom is 0.344 e. The van der Waals surface area contributed by atoms with Crippen LogP contribution in [0.5, 0.6) is 0 Å². The molecule has 0 N–H and O–H groups in total. The normalized spacial score (nSPS) is 11.1. The molecule has 26 heavy (non-hydrogen) atoms.